The first-order chi connectivity index (χ1) is 9.30. The summed E-state index contributed by atoms with van der Waals surface area (Å²) in [5.74, 6) is 0.757. The van der Waals surface area contributed by atoms with Crippen LogP contribution in [0.25, 0.3) is 0 Å². The Hall–Kier alpha value is 0.137. The first kappa shape index (κ1) is 15.5. The molecule has 1 radical (unpaired) electrons. The van der Waals surface area contributed by atoms with Gasteiger partial charge in [0.2, 0.25) is 0 Å². The van der Waals surface area contributed by atoms with Gasteiger partial charge in [0.05, 0.1) is 0 Å². The summed E-state index contributed by atoms with van der Waals surface area (Å²) in [6, 6.07) is 2.59. The van der Waals surface area contributed by atoms with Crippen LogP contribution < -0.4 is 0 Å². The Morgan fingerprint density at radius 1 is 0.842 bits per heavy atom. The van der Waals surface area contributed by atoms with Gasteiger partial charge < -0.3 is 8.85 Å². The van der Waals surface area contributed by atoms with E-state index in [2.05, 4.69) is 19.9 Å². The number of hydrogen-bond acceptors (Lipinski definition) is 2. The van der Waals surface area contributed by atoms with E-state index in [1.54, 1.807) is 0 Å². The summed E-state index contributed by atoms with van der Waals surface area (Å²) >= 11 is 0. The van der Waals surface area contributed by atoms with Crippen LogP contribution in [0.2, 0.25) is 5.54 Å². The average molecular weight is 284 g/mol. The van der Waals surface area contributed by atoms with Gasteiger partial charge in [0.15, 0.2) is 0 Å². The third kappa shape index (κ3) is 4.05. The largest absolute Gasteiger partial charge is 0.394 e. The zero-order valence-electron chi connectivity index (χ0n) is 12.8. The van der Waals surface area contributed by atoms with Crippen molar-refractivity contribution < 1.29 is 8.85 Å². The minimum Gasteiger partial charge on any atom is -0.394 e. The third-order valence-corrected chi connectivity index (χ3v) is 8.91. The van der Waals surface area contributed by atoms with Crippen molar-refractivity contribution in [1.82, 2.24) is 0 Å². The molecular weight excluding hydrogens is 252 g/mol. The quantitative estimate of drug-likeness (QED) is 0.495. The molecule has 2 rings (SSSR count). The van der Waals surface area contributed by atoms with Gasteiger partial charge in [-0.05, 0) is 32.6 Å². The predicted molar refractivity (Wildman–Crippen MR) is 82.1 cm³/mol. The van der Waals surface area contributed by atoms with Crippen LogP contribution in [-0.4, -0.2) is 21.8 Å². The molecule has 0 saturated heterocycles. The fourth-order valence-corrected chi connectivity index (χ4v) is 7.70. The standard InChI is InChI=1S/C16H31O2Si/c1-3-17-19(18-4-2,16-12-9-13-16)14-15-10-7-5-6-8-11-15/h14-16H,3-13H2,1-2H3. The van der Waals surface area contributed by atoms with Crippen molar-refractivity contribution >= 4 is 8.56 Å². The van der Waals surface area contributed by atoms with E-state index >= 15 is 0 Å². The molecule has 19 heavy (non-hydrogen) atoms. The van der Waals surface area contributed by atoms with Crippen molar-refractivity contribution in [1.29, 1.82) is 0 Å². The summed E-state index contributed by atoms with van der Waals surface area (Å²) < 4.78 is 12.6. The molecule has 0 unspecified atom stereocenters. The molecule has 111 valence electrons. The Morgan fingerprint density at radius 3 is 1.84 bits per heavy atom. The van der Waals surface area contributed by atoms with Crippen molar-refractivity contribution in [3.8, 4) is 0 Å². The molecule has 0 amide bonds. The summed E-state index contributed by atoms with van der Waals surface area (Å²) in [5.41, 5.74) is 0.732. The lowest BCUT2D eigenvalue weighted by atomic mass is 10.00. The second-order valence-corrected chi connectivity index (χ2v) is 9.30. The van der Waals surface area contributed by atoms with Gasteiger partial charge in [-0.3, -0.25) is 0 Å². The van der Waals surface area contributed by atoms with Crippen LogP contribution in [0.4, 0.5) is 0 Å². The number of hydrogen-bond donors (Lipinski definition) is 0. The van der Waals surface area contributed by atoms with Gasteiger partial charge in [-0.1, -0.05) is 44.9 Å². The molecule has 0 heterocycles. The Labute approximate surface area is 120 Å². The highest BCUT2D eigenvalue weighted by Gasteiger charge is 2.49. The van der Waals surface area contributed by atoms with Crippen molar-refractivity contribution in [3.05, 3.63) is 6.04 Å². The molecule has 2 aliphatic carbocycles. The van der Waals surface area contributed by atoms with E-state index in [1.807, 2.05) is 0 Å². The lowest BCUT2D eigenvalue weighted by molar-refractivity contribution is 0.161. The summed E-state index contributed by atoms with van der Waals surface area (Å²) in [5, 5.41) is 0. The lowest BCUT2D eigenvalue weighted by Gasteiger charge is -2.43. The average Bonchev–Trinajstić information content (AvgIpc) is 2.56. The monoisotopic (exact) mass is 283 g/mol. The van der Waals surface area contributed by atoms with Gasteiger partial charge in [0.25, 0.3) is 0 Å². The van der Waals surface area contributed by atoms with E-state index < -0.39 is 8.56 Å². The summed E-state index contributed by atoms with van der Waals surface area (Å²) in [6.07, 6.45) is 12.4. The minimum absolute atomic E-state index is 0.732. The smallest absolute Gasteiger partial charge is 0.345 e. The molecular formula is C16H31O2Si. The van der Waals surface area contributed by atoms with E-state index in [0.717, 1.165) is 24.7 Å². The maximum Gasteiger partial charge on any atom is 0.345 e. The van der Waals surface area contributed by atoms with Gasteiger partial charge in [-0.2, -0.15) is 0 Å². The topological polar surface area (TPSA) is 18.5 Å². The minimum atomic E-state index is -2.05. The van der Waals surface area contributed by atoms with Crippen molar-refractivity contribution in [3.63, 3.8) is 0 Å². The molecule has 2 saturated carbocycles. The van der Waals surface area contributed by atoms with Crippen molar-refractivity contribution in [2.45, 2.75) is 77.2 Å². The molecule has 0 bridgehead atoms. The second kappa shape index (κ2) is 7.80. The fourth-order valence-electron chi connectivity index (χ4n) is 3.58. The van der Waals surface area contributed by atoms with Crippen molar-refractivity contribution in [2.75, 3.05) is 13.2 Å². The van der Waals surface area contributed by atoms with Crippen LogP contribution in [0.1, 0.15) is 71.6 Å². The Kier molecular flexibility index (Phi) is 6.37. The predicted octanol–water partition coefficient (Wildman–Crippen LogP) is 4.77. The summed E-state index contributed by atoms with van der Waals surface area (Å²) in [7, 11) is -2.05. The molecule has 0 aromatic rings. The molecule has 0 atom stereocenters. The molecule has 2 nitrogen and oxygen atoms in total. The molecule has 0 aromatic carbocycles. The number of rotatable bonds is 7. The zero-order valence-corrected chi connectivity index (χ0v) is 13.8. The van der Waals surface area contributed by atoms with Crippen LogP contribution in [0.15, 0.2) is 0 Å². The molecule has 2 aliphatic rings. The lowest BCUT2D eigenvalue weighted by Crippen LogP contribution is -2.51. The normalized spacial score (nSPS) is 23.1. The van der Waals surface area contributed by atoms with E-state index in [1.165, 1.54) is 57.8 Å². The van der Waals surface area contributed by atoms with Gasteiger partial charge in [-0.15, -0.1) is 0 Å². The van der Waals surface area contributed by atoms with Gasteiger partial charge in [-0.25, -0.2) is 0 Å². The van der Waals surface area contributed by atoms with E-state index in [-0.39, 0.29) is 0 Å². The van der Waals surface area contributed by atoms with Crippen molar-refractivity contribution in [2.24, 2.45) is 5.92 Å². The fraction of sp³-hybridized carbons (Fsp3) is 0.938. The molecule has 0 aromatic heterocycles. The molecule has 3 heteroatoms. The first-order valence-electron chi connectivity index (χ1n) is 8.44. The zero-order chi connectivity index (χ0) is 13.6. The van der Waals surface area contributed by atoms with Crippen LogP contribution in [0, 0.1) is 12.0 Å². The molecule has 0 aliphatic heterocycles. The SMILES string of the molecule is CCO[Si]([CH]C1CCCCCC1)(OCC)C1CCC1. The van der Waals surface area contributed by atoms with E-state index in [9.17, 15) is 0 Å². The second-order valence-electron chi connectivity index (χ2n) is 6.13. The Balaban J connectivity index is 2.01. The van der Waals surface area contributed by atoms with E-state index in [0.29, 0.717) is 0 Å². The molecule has 2 fully saturated rings. The highest BCUT2D eigenvalue weighted by molar-refractivity contribution is 6.73. The van der Waals surface area contributed by atoms with Gasteiger partial charge >= 0.3 is 8.56 Å². The van der Waals surface area contributed by atoms with Gasteiger partial charge in [0.1, 0.15) is 0 Å². The molecule has 0 N–H and O–H groups in total. The van der Waals surface area contributed by atoms with Crippen LogP contribution in [-0.2, 0) is 8.85 Å². The maximum atomic E-state index is 6.28. The van der Waals surface area contributed by atoms with Gasteiger partial charge in [0, 0.05) is 24.8 Å². The maximum absolute atomic E-state index is 6.28. The third-order valence-electron chi connectivity index (χ3n) is 4.78. The van der Waals surface area contributed by atoms with Crippen LogP contribution >= 0.6 is 0 Å². The highest BCUT2D eigenvalue weighted by atomic mass is 28.4. The Bertz CT molecular complexity index is 239. The van der Waals surface area contributed by atoms with Crippen LogP contribution in [0.3, 0.4) is 0 Å². The summed E-state index contributed by atoms with van der Waals surface area (Å²) in [4.78, 5) is 0. The van der Waals surface area contributed by atoms with E-state index in [4.69, 9.17) is 8.85 Å². The van der Waals surface area contributed by atoms with Crippen LogP contribution in [0.5, 0.6) is 0 Å². The summed E-state index contributed by atoms with van der Waals surface area (Å²) in [6.45, 7) is 5.87. The Morgan fingerprint density at radius 2 is 1.42 bits per heavy atom. The molecule has 0 spiro atoms. The first-order valence-corrected chi connectivity index (χ1v) is 10.4. The highest BCUT2D eigenvalue weighted by Crippen LogP contribution is 2.45.